The van der Waals surface area contributed by atoms with Gasteiger partial charge in [-0.05, 0) is 64.3 Å². The van der Waals surface area contributed by atoms with Gasteiger partial charge in [0.25, 0.3) is 0 Å². The molecule has 2 fully saturated rings. The lowest BCUT2D eigenvalue weighted by molar-refractivity contribution is 0.206. The molecule has 2 aromatic heterocycles. The molecule has 0 amide bonds. The molecule has 2 aromatic rings. The third kappa shape index (κ3) is 3.88. The average molecular weight is 393 g/mol. The Morgan fingerprint density at radius 3 is 3.00 bits per heavy atom. The normalized spacial score (nSPS) is 24.6. The molecule has 2 atom stereocenters. The minimum atomic E-state index is 0.376. The van der Waals surface area contributed by atoms with Gasteiger partial charge >= 0.3 is 0 Å². The third-order valence-electron chi connectivity index (χ3n) is 6.90. The van der Waals surface area contributed by atoms with Crippen molar-refractivity contribution in [1.82, 2.24) is 24.8 Å². The van der Waals surface area contributed by atoms with Gasteiger partial charge in [0.2, 0.25) is 0 Å². The van der Waals surface area contributed by atoms with Gasteiger partial charge in [0, 0.05) is 44.5 Å². The molecular weight excluding hydrogens is 360 g/mol. The van der Waals surface area contributed by atoms with Crippen LogP contribution in [0.1, 0.15) is 54.5 Å². The van der Waals surface area contributed by atoms with Crippen LogP contribution in [0.5, 0.6) is 0 Å². The van der Waals surface area contributed by atoms with E-state index in [0.29, 0.717) is 12.1 Å². The van der Waals surface area contributed by atoms with Crippen molar-refractivity contribution in [3.8, 4) is 0 Å². The van der Waals surface area contributed by atoms with E-state index in [1.807, 2.05) is 13.1 Å². The summed E-state index contributed by atoms with van der Waals surface area (Å²) in [5, 5.41) is 0. The van der Waals surface area contributed by atoms with E-state index >= 15 is 0 Å². The lowest BCUT2D eigenvalue weighted by atomic mass is 9.91. The predicted molar refractivity (Wildman–Crippen MR) is 115 cm³/mol. The smallest absolute Gasteiger partial charge is 0.132 e. The van der Waals surface area contributed by atoms with Gasteiger partial charge in [-0.1, -0.05) is 6.07 Å². The van der Waals surface area contributed by atoms with Crippen LogP contribution < -0.4 is 4.90 Å². The zero-order chi connectivity index (χ0) is 19.8. The zero-order valence-corrected chi connectivity index (χ0v) is 17.7. The van der Waals surface area contributed by atoms with Crippen LogP contribution in [0.3, 0.4) is 0 Å². The van der Waals surface area contributed by atoms with E-state index in [2.05, 4.69) is 39.9 Å². The summed E-state index contributed by atoms with van der Waals surface area (Å²) >= 11 is 0. The van der Waals surface area contributed by atoms with Gasteiger partial charge in [-0.3, -0.25) is 14.8 Å². The van der Waals surface area contributed by atoms with Gasteiger partial charge in [0.15, 0.2) is 0 Å². The van der Waals surface area contributed by atoms with E-state index in [0.717, 1.165) is 49.9 Å². The van der Waals surface area contributed by atoms with Gasteiger partial charge in [-0.2, -0.15) is 0 Å². The number of aromatic nitrogens is 3. The summed E-state index contributed by atoms with van der Waals surface area (Å²) < 4.78 is 0. The van der Waals surface area contributed by atoms with Crippen molar-refractivity contribution in [2.24, 2.45) is 0 Å². The Hall–Kier alpha value is -2.05. The number of anilines is 1. The van der Waals surface area contributed by atoms with Gasteiger partial charge < -0.3 is 4.90 Å². The van der Waals surface area contributed by atoms with Crippen LogP contribution in [0.4, 0.5) is 5.82 Å². The number of hydrogen-bond donors (Lipinski definition) is 0. The molecule has 5 rings (SSSR count). The predicted octanol–water partition coefficient (Wildman–Crippen LogP) is 2.97. The van der Waals surface area contributed by atoms with Gasteiger partial charge in [-0.25, -0.2) is 9.97 Å². The molecule has 3 aliphatic rings. The molecule has 2 aliphatic heterocycles. The fraction of sp³-hybridized carbons (Fsp3) is 0.609. The zero-order valence-electron chi connectivity index (χ0n) is 17.7. The molecule has 6 nitrogen and oxygen atoms in total. The van der Waals surface area contributed by atoms with Crippen molar-refractivity contribution in [2.45, 2.75) is 57.7 Å². The molecule has 0 bridgehead atoms. The van der Waals surface area contributed by atoms with Crippen molar-refractivity contribution in [3.05, 3.63) is 47.2 Å². The van der Waals surface area contributed by atoms with E-state index in [-0.39, 0.29) is 0 Å². The highest BCUT2D eigenvalue weighted by molar-refractivity contribution is 5.41. The topological polar surface area (TPSA) is 48.4 Å². The standard InChI is InChI=1S/C23H32N6/c1-17-25-19(14-22(26-17)29-13-12-28-11-5-8-20(28)16-29)15-27(2)21-9-3-6-18-7-4-10-24-23(18)21/h4,7,10,14,20-21H,3,5-6,8-9,11-13,15-16H2,1-2H3/t20-,21-/m0/s1. The van der Waals surface area contributed by atoms with E-state index in [1.165, 1.54) is 43.5 Å². The highest BCUT2D eigenvalue weighted by Gasteiger charge is 2.31. The minimum Gasteiger partial charge on any atom is -0.354 e. The molecule has 0 N–H and O–H groups in total. The maximum Gasteiger partial charge on any atom is 0.132 e. The maximum atomic E-state index is 4.79. The van der Waals surface area contributed by atoms with Gasteiger partial charge in [0.1, 0.15) is 11.6 Å². The molecule has 154 valence electrons. The number of aryl methyl sites for hydroxylation is 2. The molecule has 6 heteroatoms. The first-order chi connectivity index (χ1) is 14.2. The number of nitrogens with zero attached hydrogens (tertiary/aromatic N) is 6. The summed E-state index contributed by atoms with van der Waals surface area (Å²) in [4.78, 5) is 21.8. The second-order valence-corrected chi connectivity index (χ2v) is 8.91. The molecule has 2 saturated heterocycles. The Kier molecular flexibility index (Phi) is 5.22. The Bertz CT molecular complexity index is 868. The Morgan fingerprint density at radius 1 is 1.14 bits per heavy atom. The third-order valence-corrected chi connectivity index (χ3v) is 6.90. The summed E-state index contributed by atoms with van der Waals surface area (Å²) in [7, 11) is 2.21. The molecule has 0 saturated carbocycles. The fourth-order valence-electron chi connectivity index (χ4n) is 5.43. The lowest BCUT2D eigenvalue weighted by Crippen LogP contribution is -2.50. The average Bonchev–Trinajstić information content (AvgIpc) is 3.20. The SMILES string of the molecule is Cc1nc(CN(C)[C@H]2CCCc3cccnc32)cc(N2CCN3CCC[C@H]3C2)n1. The second kappa shape index (κ2) is 8.00. The fourth-order valence-corrected chi connectivity index (χ4v) is 5.43. The lowest BCUT2D eigenvalue weighted by Gasteiger charge is -2.38. The van der Waals surface area contributed by atoms with Crippen molar-refractivity contribution in [2.75, 3.05) is 38.1 Å². The van der Waals surface area contributed by atoms with Gasteiger partial charge in [0.05, 0.1) is 17.4 Å². The molecule has 0 aromatic carbocycles. The summed E-state index contributed by atoms with van der Waals surface area (Å²) in [6.45, 7) is 7.46. The molecule has 0 radical (unpaired) electrons. The van der Waals surface area contributed by atoms with Crippen molar-refractivity contribution in [3.63, 3.8) is 0 Å². The van der Waals surface area contributed by atoms with Crippen molar-refractivity contribution < 1.29 is 0 Å². The maximum absolute atomic E-state index is 4.79. The molecule has 0 spiro atoms. The molecule has 4 heterocycles. The Balaban J connectivity index is 1.33. The van der Waals surface area contributed by atoms with E-state index < -0.39 is 0 Å². The van der Waals surface area contributed by atoms with Crippen LogP contribution in [0.2, 0.25) is 0 Å². The first kappa shape index (κ1) is 18.9. The number of pyridine rings is 1. The summed E-state index contributed by atoms with van der Waals surface area (Å²) in [5.74, 6) is 1.98. The van der Waals surface area contributed by atoms with Crippen molar-refractivity contribution in [1.29, 1.82) is 0 Å². The Labute approximate surface area is 174 Å². The number of rotatable bonds is 4. The molecule has 29 heavy (non-hydrogen) atoms. The first-order valence-electron chi connectivity index (χ1n) is 11.1. The van der Waals surface area contributed by atoms with E-state index in [1.54, 1.807) is 0 Å². The molecular formula is C23H32N6. The van der Waals surface area contributed by atoms with Crippen LogP contribution in [-0.2, 0) is 13.0 Å². The monoisotopic (exact) mass is 392 g/mol. The number of hydrogen-bond acceptors (Lipinski definition) is 6. The highest BCUT2D eigenvalue weighted by Crippen LogP contribution is 2.33. The summed E-state index contributed by atoms with van der Waals surface area (Å²) in [6, 6.07) is 7.59. The number of piperazine rings is 1. The van der Waals surface area contributed by atoms with E-state index in [4.69, 9.17) is 15.0 Å². The van der Waals surface area contributed by atoms with Gasteiger partial charge in [-0.15, -0.1) is 0 Å². The van der Waals surface area contributed by atoms with E-state index in [9.17, 15) is 0 Å². The van der Waals surface area contributed by atoms with Crippen molar-refractivity contribution >= 4 is 5.82 Å². The van der Waals surface area contributed by atoms with Crippen LogP contribution in [-0.4, -0.2) is 64.0 Å². The quantitative estimate of drug-likeness (QED) is 0.797. The summed E-state index contributed by atoms with van der Waals surface area (Å²) in [5.41, 5.74) is 3.78. The van der Waals surface area contributed by atoms with Crippen LogP contribution >= 0.6 is 0 Å². The minimum absolute atomic E-state index is 0.376. The number of fused-ring (bicyclic) bond motifs is 2. The largest absolute Gasteiger partial charge is 0.354 e. The van der Waals surface area contributed by atoms with Crippen LogP contribution in [0.25, 0.3) is 0 Å². The Morgan fingerprint density at radius 2 is 2.07 bits per heavy atom. The first-order valence-corrected chi connectivity index (χ1v) is 11.1. The van der Waals surface area contributed by atoms with Crippen LogP contribution in [0, 0.1) is 6.92 Å². The summed E-state index contributed by atoms with van der Waals surface area (Å²) in [6.07, 6.45) is 8.14. The molecule has 1 aliphatic carbocycles. The molecule has 0 unspecified atom stereocenters. The van der Waals surface area contributed by atoms with Crippen LogP contribution in [0.15, 0.2) is 24.4 Å². The highest BCUT2D eigenvalue weighted by atomic mass is 15.3. The second-order valence-electron chi connectivity index (χ2n) is 8.91.